The van der Waals surface area contributed by atoms with E-state index in [-0.39, 0.29) is 36.8 Å². The molecule has 0 bridgehead atoms. The van der Waals surface area contributed by atoms with Gasteiger partial charge in [0.25, 0.3) is 0 Å². The molecule has 6 heteroatoms. The van der Waals surface area contributed by atoms with Crippen LogP contribution in [0.5, 0.6) is 0 Å². The van der Waals surface area contributed by atoms with Crippen LogP contribution >= 0.6 is 0 Å². The third-order valence-electron chi connectivity index (χ3n) is 5.28. The molecule has 5 atom stereocenters. The maximum atomic E-state index is 11.0. The van der Waals surface area contributed by atoms with Gasteiger partial charge in [-0.25, -0.2) is 4.79 Å². The zero-order chi connectivity index (χ0) is 18.1. The summed E-state index contributed by atoms with van der Waals surface area (Å²) in [6, 6.07) is 0. The van der Waals surface area contributed by atoms with Crippen LogP contribution in [-0.2, 0) is 19.0 Å². The van der Waals surface area contributed by atoms with Gasteiger partial charge in [0.15, 0.2) is 6.29 Å². The van der Waals surface area contributed by atoms with Gasteiger partial charge in [-0.1, -0.05) is 12.5 Å². The van der Waals surface area contributed by atoms with E-state index < -0.39 is 6.10 Å². The number of rotatable bonds is 9. The molecule has 0 radical (unpaired) electrons. The fraction of sp³-hybridized carbons (Fsp3) is 0.842. The van der Waals surface area contributed by atoms with Crippen LogP contribution in [0.3, 0.4) is 0 Å². The summed E-state index contributed by atoms with van der Waals surface area (Å²) in [4.78, 5) is 11.0. The van der Waals surface area contributed by atoms with Crippen molar-refractivity contribution < 1.29 is 29.2 Å². The summed E-state index contributed by atoms with van der Waals surface area (Å²) in [5, 5.41) is 20.2. The molecule has 2 rings (SSSR count). The molecule has 1 saturated carbocycles. The molecule has 144 valence electrons. The zero-order valence-electron chi connectivity index (χ0n) is 15.1. The van der Waals surface area contributed by atoms with E-state index in [1.54, 1.807) is 0 Å². The number of unbranched alkanes of at least 4 members (excludes halogenated alkanes) is 2. The molecule has 2 aliphatic rings. The topological polar surface area (TPSA) is 85.2 Å². The Kier molecular flexibility index (Phi) is 8.89. The van der Waals surface area contributed by atoms with Crippen molar-refractivity contribution in [2.24, 2.45) is 11.8 Å². The first-order chi connectivity index (χ1) is 12.2. The lowest BCUT2D eigenvalue weighted by molar-refractivity contribution is -0.198. The molecular weight excluding hydrogens is 324 g/mol. The molecular formula is C19H32O6. The third-order valence-corrected chi connectivity index (χ3v) is 5.28. The van der Waals surface area contributed by atoms with Crippen molar-refractivity contribution in [2.45, 2.75) is 69.9 Å². The highest BCUT2D eigenvalue weighted by molar-refractivity contribution is 5.81. The first-order valence-electron chi connectivity index (χ1n) is 9.46. The number of ether oxygens (including phenoxy) is 3. The Balaban J connectivity index is 1.73. The number of esters is 1. The van der Waals surface area contributed by atoms with Gasteiger partial charge in [-0.3, -0.25) is 0 Å². The van der Waals surface area contributed by atoms with Crippen LogP contribution in [0.4, 0.5) is 0 Å². The molecule has 1 saturated heterocycles. The molecule has 0 aromatic rings. The second-order valence-electron chi connectivity index (χ2n) is 6.99. The molecule has 0 spiro atoms. The van der Waals surface area contributed by atoms with Gasteiger partial charge in [0, 0.05) is 31.6 Å². The molecule has 0 amide bonds. The van der Waals surface area contributed by atoms with Gasteiger partial charge in [0.1, 0.15) is 0 Å². The minimum absolute atomic E-state index is 0.0291. The normalized spacial score (nSPS) is 33.0. The van der Waals surface area contributed by atoms with Crippen molar-refractivity contribution in [2.75, 3.05) is 20.3 Å². The van der Waals surface area contributed by atoms with Crippen LogP contribution in [0.15, 0.2) is 12.2 Å². The third kappa shape index (κ3) is 6.37. The Bertz CT molecular complexity index is 418. The Hall–Kier alpha value is -0.950. The van der Waals surface area contributed by atoms with Gasteiger partial charge in [0.05, 0.1) is 19.3 Å². The van der Waals surface area contributed by atoms with E-state index >= 15 is 0 Å². The second-order valence-corrected chi connectivity index (χ2v) is 6.99. The van der Waals surface area contributed by atoms with Gasteiger partial charge in [0.2, 0.25) is 0 Å². The highest BCUT2D eigenvalue weighted by Gasteiger charge is 2.43. The lowest BCUT2D eigenvalue weighted by atomic mass is 9.89. The zero-order valence-corrected chi connectivity index (χ0v) is 15.1. The van der Waals surface area contributed by atoms with Crippen molar-refractivity contribution in [3.05, 3.63) is 12.2 Å². The number of aliphatic hydroxyl groups is 2. The molecule has 1 unspecified atom stereocenters. The Morgan fingerprint density at radius 3 is 2.80 bits per heavy atom. The number of carbonyl (C=O) groups excluding carboxylic acids is 1. The Morgan fingerprint density at radius 1 is 1.28 bits per heavy atom. The molecule has 6 nitrogen and oxygen atoms in total. The number of carbonyl (C=O) groups is 1. The lowest BCUT2D eigenvalue weighted by Gasteiger charge is -2.29. The highest BCUT2D eigenvalue weighted by atomic mass is 16.7. The predicted octanol–water partition coefficient (Wildman–Crippen LogP) is 2.18. The summed E-state index contributed by atoms with van der Waals surface area (Å²) < 4.78 is 16.2. The van der Waals surface area contributed by atoms with Crippen molar-refractivity contribution in [3.63, 3.8) is 0 Å². The number of allylic oxidation sites excluding steroid dienone is 1. The van der Waals surface area contributed by atoms with Crippen LogP contribution in [0.25, 0.3) is 0 Å². The summed E-state index contributed by atoms with van der Waals surface area (Å²) in [6.45, 7) is 0.758. The largest absolute Gasteiger partial charge is 0.466 e. The average Bonchev–Trinajstić information content (AvgIpc) is 2.92. The Labute approximate surface area is 150 Å². The van der Waals surface area contributed by atoms with Gasteiger partial charge in [-0.05, 0) is 44.4 Å². The molecule has 1 heterocycles. The van der Waals surface area contributed by atoms with E-state index in [1.807, 2.05) is 6.08 Å². The second kappa shape index (κ2) is 10.9. The minimum atomic E-state index is -0.434. The van der Waals surface area contributed by atoms with Crippen molar-refractivity contribution in [3.8, 4) is 0 Å². The quantitative estimate of drug-likeness (QED) is 0.374. The van der Waals surface area contributed by atoms with E-state index in [0.717, 1.165) is 51.6 Å². The van der Waals surface area contributed by atoms with E-state index in [2.05, 4.69) is 4.74 Å². The van der Waals surface area contributed by atoms with E-state index in [4.69, 9.17) is 9.47 Å². The van der Waals surface area contributed by atoms with E-state index in [9.17, 15) is 15.0 Å². The number of methoxy groups -OCH3 is 1. The molecule has 0 aromatic carbocycles. The molecule has 1 aliphatic carbocycles. The minimum Gasteiger partial charge on any atom is -0.466 e. The first kappa shape index (κ1) is 20.4. The maximum absolute atomic E-state index is 11.0. The van der Waals surface area contributed by atoms with Crippen molar-refractivity contribution in [1.29, 1.82) is 0 Å². The van der Waals surface area contributed by atoms with Crippen LogP contribution in [0.2, 0.25) is 0 Å². The summed E-state index contributed by atoms with van der Waals surface area (Å²) in [5.41, 5.74) is 0. The van der Waals surface area contributed by atoms with Gasteiger partial charge in [-0.2, -0.15) is 0 Å². The highest BCUT2D eigenvalue weighted by Crippen LogP contribution is 2.38. The van der Waals surface area contributed by atoms with Crippen LogP contribution in [0, 0.1) is 11.8 Å². The first-order valence-corrected chi connectivity index (χ1v) is 9.46. The molecule has 2 fully saturated rings. The van der Waals surface area contributed by atoms with E-state index in [1.165, 1.54) is 13.2 Å². The predicted molar refractivity (Wildman–Crippen MR) is 92.8 cm³/mol. The van der Waals surface area contributed by atoms with Crippen LogP contribution in [-0.4, -0.2) is 55.0 Å². The molecule has 25 heavy (non-hydrogen) atoms. The van der Waals surface area contributed by atoms with Crippen LogP contribution < -0.4 is 0 Å². The summed E-state index contributed by atoms with van der Waals surface area (Å²) in [7, 11) is 1.36. The monoisotopic (exact) mass is 356 g/mol. The number of hydrogen-bond acceptors (Lipinski definition) is 6. The van der Waals surface area contributed by atoms with Gasteiger partial charge in [-0.15, -0.1) is 0 Å². The van der Waals surface area contributed by atoms with Crippen molar-refractivity contribution in [1.82, 2.24) is 0 Å². The Morgan fingerprint density at radius 2 is 2.12 bits per heavy atom. The fourth-order valence-corrected chi connectivity index (χ4v) is 3.87. The van der Waals surface area contributed by atoms with Gasteiger partial charge < -0.3 is 24.4 Å². The lowest BCUT2D eigenvalue weighted by Crippen LogP contribution is -2.33. The SMILES string of the molecule is COC(=O)C=CCCCC[C@H]1[C@H](CO)[C@@H](OC2CCCCO2)C[C@H]1O. The number of hydrogen-bond donors (Lipinski definition) is 2. The summed E-state index contributed by atoms with van der Waals surface area (Å²) >= 11 is 0. The van der Waals surface area contributed by atoms with Gasteiger partial charge >= 0.3 is 5.97 Å². The fourth-order valence-electron chi connectivity index (χ4n) is 3.87. The average molecular weight is 356 g/mol. The van der Waals surface area contributed by atoms with Crippen LogP contribution in [0.1, 0.15) is 51.4 Å². The maximum Gasteiger partial charge on any atom is 0.330 e. The molecule has 2 N–H and O–H groups in total. The van der Waals surface area contributed by atoms with E-state index in [0.29, 0.717) is 6.42 Å². The summed E-state index contributed by atoms with van der Waals surface area (Å²) in [6.07, 6.45) is 9.66. The number of aliphatic hydroxyl groups excluding tert-OH is 2. The molecule has 1 aliphatic heterocycles. The van der Waals surface area contributed by atoms with Crippen molar-refractivity contribution >= 4 is 5.97 Å². The smallest absolute Gasteiger partial charge is 0.330 e. The summed E-state index contributed by atoms with van der Waals surface area (Å²) in [5.74, 6) is -0.314. The standard InChI is InChI=1S/C19H32O6/c1-23-18(22)9-5-3-2-4-8-14-15(13-20)17(12-16(14)21)25-19-10-6-7-11-24-19/h5,9,14-17,19-21H,2-4,6-8,10-13H2,1H3/t14-,15-,16+,17-,19?/m0/s1. The molecule has 0 aromatic heterocycles.